The highest BCUT2D eigenvalue weighted by atomic mass is 35.5. The lowest BCUT2D eigenvalue weighted by Gasteiger charge is -2.30. The number of halogens is 2. The van der Waals surface area contributed by atoms with Crippen molar-refractivity contribution < 1.29 is 24.0 Å². The summed E-state index contributed by atoms with van der Waals surface area (Å²) < 4.78 is 0. The summed E-state index contributed by atoms with van der Waals surface area (Å²) in [5, 5.41) is 56.4. The van der Waals surface area contributed by atoms with E-state index in [1.807, 2.05) is 128 Å². The van der Waals surface area contributed by atoms with Crippen molar-refractivity contribution in [2.45, 2.75) is 125 Å². The number of aromatic amines is 4. The van der Waals surface area contributed by atoms with Gasteiger partial charge in [-0.3, -0.25) is 46.5 Å². The highest BCUT2D eigenvalue weighted by Crippen LogP contribution is 2.35. The predicted molar refractivity (Wildman–Crippen MR) is 450 cm³/mol. The molecular weight excluding hydrogens is 1440 g/mol. The Morgan fingerprint density at radius 1 is 0.532 bits per heavy atom. The Bertz CT molecular complexity index is 5250. The average Bonchev–Trinajstić information content (AvgIpc) is 1.70. The lowest BCUT2D eigenvalue weighted by Crippen LogP contribution is -2.41. The number of nitrogens with zero attached hydrogens (tertiary/aromatic N) is 7. The summed E-state index contributed by atoms with van der Waals surface area (Å²) >= 11 is 12.1. The molecule has 14 rings (SSSR count). The van der Waals surface area contributed by atoms with Crippen LogP contribution in [0, 0.1) is 18.4 Å². The molecule has 2 fully saturated rings. The van der Waals surface area contributed by atoms with E-state index in [-0.39, 0.29) is 36.1 Å². The molecule has 2 aliphatic rings. The SMILES string of the molecule is CC1CCCN(C(=O)Nc2n[nH]c3cc(-c4ccc(C(C)C)cc4)ccc23)C1.CCC(CC)NC(=O)Nc1n[nH]c2cc(-c3cccc(NC(C)=O)c3)ccc12.CN1CCCC1CCNC(=O)Nc1n[nH]c2cc(-c3ccc(Cl)c(Cl)c3)ccc12.[C-]#[N+]c1ccc(-c2ccc3c(NC(=O)NCC(C)CC)n[nH]c3c2)cc1. The van der Waals surface area contributed by atoms with Crippen LogP contribution >= 0.6 is 23.2 Å². The van der Waals surface area contributed by atoms with Crippen molar-refractivity contribution in [2.24, 2.45) is 11.8 Å². The zero-order valence-electron chi connectivity index (χ0n) is 64.1. The molecule has 111 heavy (non-hydrogen) atoms. The topological polar surface area (TPSA) is 307 Å². The third kappa shape index (κ3) is 21.4. The van der Waals surface area contributed by atoms with Crippen molar-refractivity contribution >= 4 is 131 Å². The zero-order chi connectivity index (χ0) is 78.7. The van der Waals surface area contributed by atoms with Crippen LogP contribution in [0.5, 0.6) is 0 Å². The molecule has 576 valence electrons. The Labute approximate surface area is 656 Å². The molecule has 12 N–H and O–H groups in total. The lowest BCUT2D eigenvalue weighted by molar-refractivity contribution is -0.114. The van der Waals surface area contributed by atoms with Gasteiger partial charge in [0.25, 0.3) is 0 Å². The number of anilines is 5. The standard InChI is InChI=1S/C23H28N4O.C21H23Cl2N5O.C21H25N5O2.C20H21N5O/c1-15(2)17-6-8-18(9-7-17)19-10-11-20-21(13-19)25-26-22(20)24-23(28)27-12-4-5-16(3)14-27;1-28-10-2-3-15(28)8-9-24-21(29)25-20-16-6-4-14(12-19(16)26-27-20)13-5-7-17(22)18(23)11-13;1-4-16(5-2)23-21(28)24-20-18-10-9-15(12-19(18)25-26-20)14-7-6-8-17(11-14)22-13(3)27;1-4-13(2)12-22-20(26)23-19-17-10-7-15(11-18(17)24-25-19)14-5-8-16(21-3)9-6-14/h6-11,13,15-16H,4-5,12,14H2,1-3H3,(H2,24,25,26,28);4-7,11-12,15H,2-3,8-10H2,1H3,(H3,24,25,26,27,29);6-12,16H,4-5H2,1-3H3,(H,22,27)(H3,23,24,25,26,28);5-11,13H,4,12H2,1-2H3,(H3,22,23,24,25,26). The largest absolute Gasteiger partial charge is 0.338 e. The summed E-state index contributed by atoms with van der Waals surface area (Å²) in [4.78, 5) is 68.0. The fourth-order valence-corrected chi connectivity index (χ4v) is 13.7. The number of benzene rings is 8. The first-order valence-corrected chi connectivity index (χ1v) is 38.7. The average molecular weight is 1540 g/mol. The number of urea groups is 4. The fraction of sp³-hybridized carbons (Fsp3) is 0.318. The first kappa shape index (κ1) is 80.2. The predicted octanol–water partition coefficient (Wildman–Crippen LogP) is 20.2. The molecule has 0 bridgehead atoms. The van der Waals surface area contributed by atoms with Crippen LogP contribution in [0.2, 0.25) is 10.0 Å². The molecule has 2 aliphatic heterocycles. The quantitative estimate of drug-likeness (QED) is 0.0340. The number of carbonyl (C=O) groups is 5. The van der Waals surface area contributed by atoms with Gasteiger partial charge >= 0.3 is 24.1 Å². The number of piperidine rings is 1. The van der Waals surface area contributed by atoms with E-state index in [0.717, 1.165) is 140 Å². The number of likely N-dealkylation sites (tertiary alicyclic amines) is 2. The number of H-pyrrole nitrogens is 4. The maximum atomic E-state index is 12.6. The van der Waals surface area contributed by atoms with Crippen LogP contribution < -0.4 is 42.5 Å². The van der Waals surface area contributed by atoms with Gasteiger partial charge in [0, 0.05) is 72.4 Å². The number of hydrogen-bond donors (Lipinski definition) is 12. The number of carbonyl (C=O) groups excluding carboxylic acids is 5. The molecule has 4 aromatic heterocycles. The summed E-state index contributed by atoms with van der Waals surface area (Å²) in [6, 6.07) is 53.0. The van der Waals surface area contributed by atoms with E-state index in [1.165, 1.54) is 37.3 Å². The van der Waals surface area contributed by atoms with Gasteiger partial charge in [0.1, 0.15) is 0 Å². The number of amides is 9. The molecule has 0 saturated carbocycles. The van der Waals surface area contributed by atoms with E-state index in [1.54, 1.807) is 18.2 Å². The Balaban J connectivity index is 0.000000147. The summed E-state index contributed by atoms with van der Waals surface area (Å²) in [5.41, 5.74) is 14.4. The van der Waals surface area contributed by atoms with Crippen LogP contribution in [-0.4, -0.2) is 132 Å². The van der Waals surface area contributed by atoms with Gasteiger partial charge in [0.05, 0.1) is 38.7 Å². The Morgan fingerprint density at radius 3 is 1.48 bits per heavy atom. The zero-order valence-corrected chi connectivity index (χ0v) is 65.6. The third-order valence-corrected chi connectivity index (χ3v) is 20.9. The Hall–Kier alpha value is -11.8. The van der Waals surface area contributed by atoms with Crippen molar-refractivity contribution in [2.75, 3.05) is 66.4 Å². The number of rotatable bonds is 19. The second kappa shape index (κ2) is 38.0. The molecule has 0 aliphatic carbocycles. The molecule has 3 atom stereocenters. The van der Waals surface area contributed by atoms with Gasteiger partial charge in [-0.1, -0.05) is 169 Å². The molecule has 8 aromatic carbocycles. The summed E-state index contributed by atoms with van der Waals surface area (Å²) in [7, 11) is 2.14. The normalized spacial score (nSPS) is 14.3. The maximum Gasteiger partial charge on any atom is 0.323 e. The van der Waals surface area contributed by atoms with Crippen molar-refractivity contribution in [3.8, 4) is 44.5 Å². The van der Waals surface area contributed by atoms with Crippen LogP contribution in [0.4, 0.5) is 53.8 Å². The molecule has 12 aromatic rings. The second-order valence-electron chi connectivity index (χ2n) is 28.7. The Kier molecular flexibility index (Phi) is 27.5. The van der Waals surface area contributed by atoms with E-state index in [9.17, 15) is 24.0 Å². The van der Waals surface area contributed by atoms with Gasteiger partial charge in [-0.15, -0.1) is 0 Å². The fourth-order valence-electron chi connectivity index (χ4n) is 13.4. The molecule has 2 saturated heterocycles. The van der Waals surface area contributed by atoms with Crippen molar-refractivity contribution in [3.05, 3.63) is 191 Å². The van der Waals surface area contributed by atoms with Gasteiger partial charge in [0.15, 0.2) is 29.0 Å². The molecule has 0 radical (unpaired) electrons. The van der Waals surface area contributed by atoms with E-state index in [2.05, 4.69) is 171 Å². The van der Waals surface area contributed by atoms with Crippen LogP contribution in [0.15, 0.2) is 164 Å². The van der Waals surface area contributed by atoms with Crippen molar-refractivity contribution in [1.82, 2.24) is 66.5 Å². The van der Waals surface area contributed by atoms with E-state index < -0.39 is 0 Å². The third-order valence-electron chi connectivity index (χ3n) is 20.2. The summed E-state index contributed by atoms with van der Waals surface area (Å²) in [5.74, 6) is 3.53. The van der Waals surface area contributed by atoms with Crippen LogP contribution in [0.3, 0.4) is 0 Å². The summed E-state index contributed by atoms with van der Waals surface area (Å²) in [6.07, 6.45) is 8.43. The van der Waals surface area contributed by atoms with Gasteiger partial charge < -0.3 is 31.1 Å². The van der Waals surface area contributed by atoms with Crippen molar-refractivity contribution in [3.63, 3.8) is 0 Å². The van der Waals surface area contributed by atoms with Crippen LogP contribution in [0.25, 0.3) is 93.0 Å². The van der Waals surface area contributed by atoms with Gasteiger partial charge in [-0.2, -0.15) is 20.4 Å². The molecule has 26 heteroatoms. The maximum absolute atomic E-state index is 12.6. The number of hydrogen-bond acceptors (Lipinski definition) is 10. The first-order valence-electron chi connectivity index (χ1n) is 37.9. The number of fused-ring (bicyclic) bond motifs is 4. The van der Waals surface area contributed by atoms with E-state index in [0.29, 0.717) is 75.9 Å². The lowest BCUT2D eigenvalue weighted by atomic mass is 9.98. The van der Waals surface area contributed by atoms with Gasteiger partial charge in [-0.05, 0) is 199 Å². The highest BCUT2D eigenvalue weighted by Gasteiger charge is 2.24. The number of nitrogens with one attached hydrogen (secondary N) is 12. The van der Waals surface area contributed by atoms with Gasteiger partial charge in [0.2, 0.25) is 5.91 Å². The van der Waals surface area contributed by atoms with Crippen LogP contribution in [0.1, 0.15) is 118 Å². The second-order valence-corrected chi connectivity index (χ2v) is 29.5. The van der Waals surface area contributed by atoms with Gasteiger partial charge in [-0.25, -0.2) is 24.0 Å². The number of aromatic nitrogens is 8. The summed E-state index contributed by atoms with van der Waals surface area (Å²) in [6.45, 7) is 27.4. The molecule has 3 unspecified atom stereocenters. The highest BCUT2D eigenvalue weighted by molar-refractivity contribution is 6.42. The monoisotopic (exact) mass is 1530 g/mol. The van der Waals surface area contributed by atoms with E-state index >= 15 is 0 Å². The molecule has 0 spiro atoms. The smallest absolute Gasteiger partial charge is 0.323 e. The Morgan fingerprint density at radius 2 is 1.00 bits per heavy atom. The molecule has 9 amide bonds. The minimum Gasteiger partial charge on any atom is -0.338 e. The van der Waals surface area contributed by atoms with Crippen LogP contribution in [-0.2, 0) is 4.79 Å². The molecule has 6 heterocycles. The first-order chi connectivity index (χ1) is 53.6. The molecule has 24 nitrogen and oxygen atoms in total. The van der Waals surface area contributed by atoms with Crippen molar-refractivity contribution in [1.29, 1.82) is 0 Å². The van der Waals surface area contributed by atoms with E-state index in [4.69, 9.17) is 29.8 Å². The minimum atomic E-state index is -0.255. The minimum absolute atomic E-state index is 0.0618. The molecular formula is C85H97Cl2N19O5.